The molecule has 1 rings (SSSR count). The fourth-order valence-corrected chi connectivity index (χ4v) is 2.72. The molecular weight excluding hydrogens is 234 g/mol. The maximum Gasteiger partial charge on any atom is 0.345 e. The number of hydrogen-bond acceptors (Lipinski definition) is 4. The molecule has 15 heavy (non-hydrogen) atoms. The molecule has 0 aliphatic rings. The number of nitrogens with two attached hydrogens (primary N) is 1. The lowest BCUT2D eigenvalue weighted by atomic mass is 10.2. The Kier molecular flexibility index (Phi) is 4.16. The quantitative estimate of drug-likeness (QED) is 0.773. The van der Waals surface area contributed by atoms with Crippen molar-refractivity contribution in [1.29, 1.82) is 0 Å². The second-order valence-corrected chi connectivity index (χ2v) is 5.07. The normalized spacial score (nSPS) is 12.3. The topological polar surface area (TPSA) is 80.4 Å². The van der Waals surface area contributed by atoms with E-state index in [2.05, 4.69) is 0 Å². The Labute approximate surface area is 95.5 Å². The minimum Gasteiger partial charge on any atom is -0.477 e. The van der Waals surface area contributed by atoms with E-state index in [1.165, 1.54) is 23.1 Å². The van der Waals surface area contributed by atoms with Crippen LogP contribution >= 0.6 is 23.1 Å². The number of thioether (sulfide) groups is 1. The fraction of sp³-hybridized carbons (Fsp3) is 0.333. The van der Waals surface area contributed by atoms with Gasteiger partial charge >= 0.3 is 5.97 Å². The molecule has 0 aliphatic carbocycles. The lowest BCUT2D eigenvalue weighted by Crippen LogP contribution is -2.22. The summed E-state index contributed by atoms with van der Waals surface area (Å²) < 4.78 is 0. The average Bonchev–Trinajstić information content (AvgIpc) is 2.62. The Hall–Kier alpha value is -1.01. The molecule has 0 radical (unpaired) electrons. The largest absolute Gasteiger partial charge is 0.477 e. The predicted molar refractivity (Wildman–Crippen MR) is 60.4 cm³/mol. The number of carboxylic acids is 1. The molecule has 0 bridgehead atoms. The number of carbonyl (C=O) groups excluding carboxylic acids is 1. The Morgan fingerprint density at radius 2 is 2.33 bits per heavy atom. The standard InChI is InChI=1S/C9H11NO3S2/c1-5(8(10)11)3-14-6-2-7(9(12)13)15-4-6/h2,4-5H,3H2,1H3,(H2,10,11)(H,12,13). The van der Waals surface area contributed by atoms with Crippen molar-refractivity contribution in [2.45, 2.75) is 11.8 Å². The summed E-state index contributed by atoms with van der Waals surface area (Å²) in [6, 6.07) is 1.60. The maximum atomic E-state index is 10.8. The van der Waals surface area contributed by atoms with Crippen molar-refractivity contribution in [3.8, 4) is 0 Å². The molecule has 1 heterocycles. The fourth-order valence-electron chi connectivity index (χ4n) is 0.810. The third kappa shape index (κ3) is 3.56. The van der Waals surface area contributed by atoms with E-state index in [1.807, 2.05) is 0 Å². The maximum absolute atomic E-state index is 10.8. The van der Waals surface area contributed by atoms with Gasteiger partial charge in [-0.3, -0.25) is 4.79 Å². The number of aromatic carboxylic acids is 1. The molecule has 6 heteroatoms. The summed E-state index contributed by atoms with van der Waals surface area (Å²) in [5.74, 6) is -0.889. The number of primary amides is 1. The summed E-state index contributed by atoms with van der Waals surface area (Å²) in [5.41, 5.74) is 5.11. The zero-order valence-corrected chi connectivity index (χ0v) is 9.73. The predicted octanol–water partition coefficient (Wildman–Crippen LogP) is 1.66. The minimum absolute atomic E-state index is 0.205. The van der Waals surface area contributed by atoms with Gasteiger partial charge in [0.1, 0.15) is 4.88 Å². The van der Waals surface area contributed by atoms with Crippen LogP contribution in [0, 0.1) is 5.92 Å². The molecule has 0 aromatic carbocycles. The van der Waals surface area contributed by atoms with Crippen molar-refractivity contribution in [2.24, 2.45) is 11.7 Å². The van der Waals surface area contributed by atoms with Gasteiger partial charge in [-0.1, -0.05) is 6.92 Å². The van der Waals surface area contributed by atoms with E-state index >= 15 is 0 Å². The molecule has 1 atom stereocenters. The van der Waals surface area contributed by atoms with E-state index in [4.69, 9.17) is 10.8 Å². The van der Waals surface area contributed by atoms with Crippen LogP contribution in [0.3, 0.4) is 0 Å². The van der Waals surface area contributed by atoms with Gasteiger partial charge in [-0.25, -0.2) is 4.79 Å². The van der Waals surface area contributed by atoms with Crippen molar-refractivity contribution in [1.82, 2.24) is 0 Å². The summed E-state index contributed by atoms with van der Waals surface area (Å²) in [6.45, 7) is 1.75. The van der Waals surface area contributed by atoms with E-state index in [0.29, 0.717) is 10.6 Å². The zero-order valence-electron chi connectivity index (χ0n) is 8.10. The van der Waals surface area contributed by atoms with Gasteiger partial charge in [-0.05, 0) is 6.07 Å². The molecule has 1 aromatic rings. The van der Waals surface area contributed by atoms with Crippen LogP contribution in [0.4, 0.5) is 0 Å². The SMILES string of the molecule is CC(CSc1csc(C(=O)O)c1)C(N)=O. The first-order chi connectivity index (χ1) is 7.00. The van der Waals surface area contributed by atoms with Gasteiger partial charge in [0.25, 0.3) is 0 Å². The molecule has 1 aromatic heterocycles. The van der Waals surface area contributed by atoms with Gasteiger partial charge in [0.2, 0.25) is 5.91 Å². The van der Waals surface area contributed by atoms with Crippen LogP contribution in [0.25, 0.3) is 0 Å². The Morgan fingerprint density at radius 1 is 1.67 bits per heavy atom. The first-order valence-electron chi connectivity index (χ1n) is 4.24. The smallest absolute Gasteiger partial charge is 0.345 e. The highest BCUT2D eigenvalue weighted by atomic mass is 32.2. The summed E-state index contributed by atoms with van der Waals surface area (Å²) in [7, 11) is 0. The number of rotatable bonds is 5. The molecule has 3 N–H and O–H groups in total. The van der Waals surface area contributed by atoms with Crippen LogP contribution in [0.1, 0.15) is 16.6 Å². The Balaban J connectivity index is 2.51. The number of carbonyl (C=O) groups is 2. The van der Waals surface area contributed by atoms with Crippen molar-refractivity contribution < 1.29 is 14.7 Å². The van der Waals surface area contributed by atoms with Crippen molar-refractivity contribution in [2.75, 3.05) is 5.75 Å². The summed E-state index contributed by atoms with van der Waals surface area (Å²) in [5, 5.41) is 10.5. The molecule has 1 amide bonds. The van der Waals surface area contributed by atoms with Crippen LogP contribution in [-0.4, -0.2) is 22.7 Å². The van der Waals surface area contributed by atoms with E-state index in [0.717, 1.165) is 4.90 Å². The average molecular weight is 245 g/mol. The molecule has 0 aliphatic heterocycles. The second-order valence-electron chi connectivity index (χ2n) is 3.07. The molecule has 0 fully saturated rings. The highest BCUT2D eigenvalue weighted by molar-refractivity contribution is 7.99. The van der Waals surface area contributed by atoms with Crippen LogP contribution in [0.15, 0.2) is 16.3 Å². The summed E-state index contributed by atoms with van der Waals surface area (Å²) >= 11 is 2.62. The summed E-state index contributed by atoms with van der Waals surface area (Å²) in [4.78, 5) is 22.5. The van der Waals surface area contributed by atoms with Gasteiger partial charge < -0.3 is 10.8 Å². The molecule has 4 nitrogen and oxygen atoms in total. The zero-order chi connectivity index (χ0) is 11.4. The van der Waals surface area contributed by atoms with Gasteiger partial charge in [-0.15, -0.1) is 23.1 Å². The van der Waals surface area contributed by atoms with Gasteiger partial charge in [0, 0.05) is 21.9 Å². The third-order valence-corrected chi connectivity index (χ3v) is 4.07. The van der Waals surface area contributed by atoms with E-state index < -0.39 is 5.97 Å². The molecule has 0 saturated heterocycles. The van der Waals surface area contributed by atoms with Gasteiger partial charge in [0.15, 0.2) is 0 Å². The van der Waals surface area contributed by atoms with Crippen molar-refractivity contribution in [3.63, 3.8) is 0 Å². The molecule has 1 unspecified atom stereocenters. The summed E-state index contributed by atoms with van der Waals surface area (Å²) in [6.07, 6.45) is 0. The monoisotopic (exact) mass is 245 g/mol. The van der Waals surface area contributed by atoms with Crippen LogP contribution < -0.4 is 5.73 Å². The second kappa shape index (κ2) is 5.18. The van der Waals surface area contributed by atoms with Crippen LogP contribution in [0.5, 0.6) is 0 Å². The van der Waals surface area contributed by atoms with Crippen molar-refractivity contribution >= 4 is 35.0 Å². The molecule has 82 valence electrons. The van der Waals surface area contributed by atoms with Crippen LogP contribution in [0.2, 0.25) is 0 Å². The van der Waals surface area contributed by atoms with Gasteiger partial charge in [-0.2, -0.15) is 0 Å². The number of carboxylic acid groups (broad SMARTS) is 1. The van der Waals surface area contributed by atoms with Gasteiger partial charge in [0.05, 0.1) is 0 Å². The molecule has 0 saturated carbocycles. The Morgan fingerprint density at radius 3 is 2.80 bits per heavy atom. The van der Waals surface area contributed by atoms with Crippen molar-refractivity contribution in [3.05, 3.63) is 16.3 Å². The van der Waals surface area contributed by atoms with E-state index in [9.17, 15) is 9.59 Å². The number of hydrogen-bond donors (Lipinski definition) is 2. The first kappa shape index (κ1) is 12.1. The number of amides is 1. The lowest BCUT2D eigenvalue weighted by molar-refractivity contribution is -0.120. The Bertz CT molecular complexity index is 375. The minimum atomic E-state index is -0.921. The third-order valence-electron chi connectivity index (χ3n) is 1.77. The first-order valence-corrected chi connectivity index (χ1v) is 6.11. The van der Waals surface area contributed by atoms with Crippen LogP contribution in [-0.2, 0) is 4.79 Å². The molecule has 0 spiro atoms. The van der Waals surface area contributed by atoms with E-state index in [-0.39, 0.29) is 11.8 Å². The highest BCUT2D eigenvalue weighted by Gasteiger charge is 2.11. The highest BCUT2D eigenvalue weighted by Crippen LogP contribution is 2.26. The lowest BCUT2D eigenvalue weighted by Gasteiger charge is -2.04. The van der Waals surface area contributed by atoms with E-state index in [1.54, 1.807) is 18.4 Å². The molecular formula is C9H11NO3S2. The number of thiophene rings is 1.